The molecule has 0 bridgehead atoms. The Kier molecular flexibility index (Phi) is 6.77. The fourth-order valence-electron chi connectivity index (χ4n) is 2.46. The Morgan fingerprint density at radius 3 is 2.52 bits per heavy atom. The molecule has 3 aromatic rings. The third-order valence-corrected chi connectivity index (χ3v) is 5.30. The molecule has 1 amide bonds. The Morgan fingerprint density at radius 1 is 1.11 bits per heavy atom. The van der Waals surface area contributed by atoms with Gasteiger partial charge < -0.3 is 9.73 Å². The summed E-state index contributed by atoms with van der Waals surface area (Å²) in [5.41, 5.74) is 1.61. The van der Waals surface area contributed by atoms with Crippen molar-refractivity contribution in [2.45, 2.75) is 24.5 Å². The topological polar surface area (TPSA) is 68.0 Å². The standard InChI is InChI=1S/C19H17Cl2N3O2S/c1-12(13-6-3-2-4-7-13)10-17-23-24-19(26-17)27-11-16(25)22-18-14(20)8-5-9-15(18)21/h2-9,12H,10-11H2,1H3,(H,22,25). The molecule has 0 fully saturated rings. The van der Waals surface area contributed by atoms with Gasteiger partial charge in [0, 0.05) is 6.42 Å². The summed E-state index contributed by atoms with van der Waals surface area (Å²) in [6.07, 6.45) is 0.638. The van der Waals surface area contributed by atoms with Crippen molar-refractivity contribution >= 4 is 46.6 Å². The number of hydrogen-bond acceptors (Lipinski definition) is 5. The Morgan fingerprint density at radius 2 is 1.81 bits per heavy atom. The van der Waals surface area contributed by atoms with E-state index in [1.165, 1.54) is 5.56 Å². The molecule has 0 spiro atoms. The molecule has 140 valence electrons. The molecule has 1 unspecified atom stereocenters. The Bertz CT molecular complexity index is 898. The molecular weight excluding hydrogens is 405 g/mol. The van der Waals surface area contributed by atoms with Gasteiger partial charge in [0.05, 0.1) is 21.5 Å². The van der Waals surface area contributed by atoms with Gasteiger partial charge in [-0.05, 0) is 23.6 Å². The minimum absolute atomic E-state index is 0.109. The summed E-state index contributed by atoms with van der Waals surface area (Å²) in [5.74, 6) is 0.656. The molecule has 3 rings (SSSR count). The van der Waals surface area contributed by atoms with Crippen molar-refractivity contribution in [1.29, 1.82) is 0 Å². The zero-order valence-electron chi connectivity index (χ0n) is 14.5. The van der Waals surface area contributed by atoms with Gasteiger partial charge in [-0.2, -0.15) is 0 Å². The minimum Gasteiger partial charge on any atom is -0.416 e. The van der Waals surface area contributed by atoms with Crippen LogP contribution in [0.4, 0.5) is 5.69 Å². The number of hydrogen-bond donors (Lipinski definition) is 1. The number of para-hydroxylation sites is 1. The lowest BCUT2D eigenvalue weighted by Gasteiger charge is -2.08. The van der Waals surface area contributed by atoms with Crippen LogP contribution >= 0.6 is 35.0 Å². The van der Waals surface area contributed by atoms with Crippen LogP contribution in [-0.4, -0.2) is 21.9 Å². The van der Waals surface area contributed by atoms with E-state index in [2.05, 4.69) is 34.6 Å². The van der Waals surface area contributed by atoms with Crippen LogP contribution in [0.1, 0.15) is 24.3 Å². The maximum Gasteiger partial charge on any atom is 0.277 e. The third kappa shape index (κ3) is 5.48. The van der Waals surface area contributed by atoms with E-state index in [1.807, 2.05) is 18.2 Å². The van der Waals surface area contributed by atoms with E-state index in [0.29, 0.717) is 33.3 Å². The molecule has 0 aliphatic heterocycles. The van der Waals surface area contributed by atoms with Crippen LogP contribution in [0.15, 0.2) is 58.2 Å². The monoisotopic (exact) mass is 421 g/mol. The minimum atomic E-state index is -0.257. The Labute approximate surface area is 171 Å². The zero-order chi connectivity index (χ0) is 19.2. The van der Waals surface area contributed by atoms with Gasteiger partial charge in [-0.15, -0.1) is 10.2 Å². The maximum atomic E-state index is 12.1. The highest BCUT2D eigenvalue weighted by Gasteiger charge is 2.15. The Balaban J connectivity index is 1.53. The normalized spacial score (nSPS) is 12.0. The number of benzene rings is 2. The summed E-state index contributed by atoms with van der Waals surface area (Å²) < 4.78 is 5.63. The van der Waals surface area contributed by atoms with Gasteiger partial charge in [-0.25, -0.2) is 0 Å². The van der Waals surface area contributed by atoms with Crippen molar-refractivity contribution in [3.63, 3.8) is 0 Å². The van der Waals surface area contributed by atoms with Crippen LogP contribution in [0.3, 0.4) is 0 Å². The predicted octanol–water partition coefficient (Wildman–Crippen LogP) is 5.45. The number of aromatic nitrogens is 2. The lowest BCUT2D eigenvalue weighted by Crippen LogP contribution is -2.14. The molecule has 0 aliphatic carbocycles. The zero-order valence-corrected chi connectivity index (χ0v) is 16.8. The van der Waals surface area contributed by atoms with Crippen molar-refractivity contribution in [3.05, 3.63) is 70.0 Å². The number of carbonyl (C=O) groups is 1. The molecule has 1 heterocycles. The smallest absolute Gasteiger partial charge is 0.277 e. The summed E-state index contributed by atoms with van der Waals surface area (Å²) in [4.78, 5) is 12.1. The fraction of sp³-hybridized carbons (Fsp3) is 0.211. The van der Waals surface area contributed by atoms with Crippen LogP contribution in [0.2, 0.25) is 10.0 Å². The van der Waals surface area contributed by atoms with E-state index in [-0.39, 0.29) is 17.6 Å². The van der Waals surface area contributed by atoms with E-state index >= 15 is 0 Å². The fourth-order valence-corrected chi connectivity index (χ4v) is 3.53. The number of amides is 1. The molecule has 1 atom stereocenters. The second-order valence-electron chi connectivity index (χ2n) is 5.91. The van der Waals surface area contributed by atoms with E-state index in [0.717, 1.165) is 11.8 Å². The molecule has 0 saturated carbocycles. The van der Waals surface area contributed by atoms with Gasteiger partial charge >= 0.3 is 0 Å². The number of halogens is 2. The average Bonchev–Trinajstić information content (AvgIpc) is 3.11. The van der Waals surface area contributed by atoms with Crippen LogP contribution in [0.5, 0.6) is 0 Å². The lowest BCUT2D eigenvalue weighted by atomic mass is 9.98. The molecule has 8 heteroatoms. The van der Waals surface area contributed by atoms with Gasteiger partial charge in [0.2, 0.25) is 11.8 Å². The summed E-state index contributed by atoms with van der Waals surface area (Å²) in [6.45, 7) is 2.10. The maximum absolute atomic E-state index is 12.1. The van der Waals surface area contributed by atoms with Crippen LogP contribution in [0, 0.1) is 0 Å². The quantitative estimate of drug-likeness (QED) is 0.513. The van der Waals surface area contributed by atoms with Gasteiger partial charge in [-0.3, -0.25) is 4.79 Å². The van der Waals surface area contributed by atoms with Crippen molar-refractivity contribution in [2.24, 2.45) is 0 Å². The second-order valence-corrected chi connectivity index (χ2v) is 7.65. The van der Waals surface area contributed by atoms with E-state index in [9.17, 15) is 4.79 Å². The molecule has 2 aromatic carbocycles. The van der Waals surface area contributed by atoms with Gasteiger partial charge in [0.15, 0.2) is 0 Å². The van der Waals surface area contributed by atoms with E-state index < -0.39 is 0 Å². The van der Waals surface area contributed by atoms with Crippen molar-refractivity contribution < 1.29 is 9.21 Å². The van der Waals surface area contributed by atoms with E-state index in [4.69, 9.17) is 27.6 Å². The number of anilines is 1. The molecule has 0 radical (unpaired) electrons. The van der Waals surface area contributed by atoms with Crippen LogP contribution in [0.25, 0.3) is 0 Å². The highest BCUT2D eigenvalue weighted by atomic mass is 35.5. The number of nitrogens with zero attached hydrogens (tertiary/aromatic N) is 2. The first-order valence-corrected chi connectivity index (χ1v) is 10.0. The van der Waals surface area contributed by atoms with Crippen molar-refractivity contribution in [3.8, 4) is 0 Å². The highest BCUT2D eigenvalue weighted by Crippen LogP contribution is 2.30. The number of rotatable bonds is 7. The third-order valence-electron chi connectivity index (χ3n) is 3.85. The molecule has 1 N–H and O–H groups in total. The summed E-state index contributed by atoms with van der Waals surface area (Å²) in [5, 5.41) is 11.9. The van der Waals surface area contributed by atoms with Crippen LogP contribution < -0.4 is 5.32 Å². The number of thioether (sulfide) groups is 1. The summed E-state index contributed by atoms with van der Waals surface area (Å²) in [7, 11) is 0. The lowest BCUT2D eigenvalue weighted by molar-refractivity contribution is -0.113. The predicted molar refractivity (Wildman–Crippen MR) is 109 cm³/mol. The SMILES string of the molecule is CC(Cc1nnc(SCC(=O)Nc2c(Cl)cccc2Cl)o1)c1ccccc1. The molecular formula is C19H17Cl2N3O2S. The first kappa shape index (κ1) is 19.7. The molecule has 0 aliphatic rings. The van der Waals surface area contributed by atoms with Crippen molar-refractivity contribution in [2.75, 3.05) is 11.1 Å². The number of nitrogens with one attached hydrogen (secondary N) is 1. The number of carbonyl (C=O) groups excluding carboxylic acids is 1. The largest absolute Gasteiger partial charge is 0.416 e. The Hall–Kier alpha value is -2.02. The van der Waals surface area contributed by atoms with Crippen molar-refractivity contribution in [1.82, 2.24) is 10.2 Å². The molecule has 1 aromatic heterocycles. The molecule has 0 saturated heterocycles. The molecule has 5 nitrogen and oxygen atoms in total. The van der Waals surface area contributed by atoms with Crippen LogP contribution in [-0.2, 0) is 11.2 Å². The highest BCUT2D eigenvalue weighted by molar-refractivity contribution is 7.99. The molecule has 27 heavy (non-hydrogen) atoms. The first-order valence-electron chi connectivity index (χ1n) is 8.27. The van der Waals surface area contributed by atoms with Gasteiger partial charge in [-0.1, -0.05) is 78.3 Å². The second kappa shape index (κ2) is 9.26. The van der Waals surface area contributed by atoms with Gasteiger partial charge in [0.1, 0.15) is 0 Å². The van der Waals surface area contributed by atoms with Gasteiger partial charge in [0.25, 0.3) is 5.22 Å². The summed E-state index contributed by atoms with van der Waals surface area (Å²) in [6, 6.07) is 15.2. The van der Waals surface area contributed by atoms with E-state index in [1.54, 1.807) is 18.2 Å². The summed E-state index contributed by atoms with van der Waals surface area (Å²) >= 11 is 13.3. The first-order chi connectivity index (χ1) is 13.0. The average molecular weight is 422 g/mol.